The van der Waals surface area contributed by atoms with E-state index in [9.17, 15) is 9.59 Å². The highest BCUT2D eigenvalue weighted by atomic mass is 35.5. The molecule has 9 heteroatoms. The number of anilines is 1. The van der Waals surface area contributed by atoms with Gasteiger partial charge in [-0.15, -0.1) is 11.3 Å². The SMILES string of the molecule is Cc1ccc(Cn2nc(C)c(/C=C/C(=O)N3CCCC(C(=O)Nc4nccs4)C3)c2Cl)cc1. The van der Waals surface area contributed by atoms with Crippen LogP contribution in [0.25, 0.3) is 6.08 Å². The molecule has 4 rings (SSSR count). The number of carbonyl (C=O) groups is 2. The van der Waals surface area contributed by atoms with Crippen LogP contribution >= 0.6 is 22.9 Å². The van der Waals surface area contributed by atoms with E-state index in [4.69, 9.17) is 11.6 Å². The van der Waals surface area contributed by atoms with Gasteiger partial charge in [0.1, 0.15) is 5.15 Å². The fourth-order valence-corrected chi connectivity index (χ4v) is 4.70. The number of piperidine rings is 1. The van der Waals surface area contributed by atoms with Gasteiger partial charge in [-0.2, -0.15) is 5.10 Å². The highest BCUT2D eigenvalue weighted by molar-refractivity contribution is 7.13. The van der Waals surface area contributed by atoms with Crippen LogP contribution < -0.4 is 5.32 Å². The van der Waals surface area contributed by atoms with Crippen molar-refractivity contribution in [2.24, 2.45) is 5.92 Å². The maximum absolute atomic E-state index is 12.8. The van der Waals surface area contributed by atoms with Gasteiger partial charge < -0.3 is 10.2 Å². The summed E-state index contributed by atoms with van der Waals surface area (Å²) in [5.41, 5.74) is 3.79. The van der Waals surface area contributed by atoms with Crippen LogP contribution in [0.1, 0.15) is 35.2 Å². The second-order valence-corrected chi connectivity index (χ2v) is 9.47. The van der Waals surface area contributed by atoms with Gasteiger partial charge >= 0.3 is 0 Å². The van der Waals surface area contributed by atoms with Crippen molar-refractivity contribution in [3.8, 4) is 0 Å². The number of nitrogens with zero attached hydrogens (tertiary/aromatic N) is 4. The lowest BCUT2D eigenvalue weighted by Crippen LogP contribution is -2.43. The molecule has 0 aliphatic carbocycles. The molecule has 0 spiro atoms. The summed E-state index contributed by atoms with van der Waals surface area (Å²) >= 11 is 7.96. The molecule has 0 radical (unpaired) electrons. The first kappa shape index (κ1) is 23.2. The van der Waals surface area contributed by atoms with Gasteiger partial charge in [-0.05, 0) is 38.3 Å². The number of halogens is 1. The number of likely N-dealkylation sites (tertiary alicyclic amines) is 1. The zero-order chi connectivity index (χ0) is 23.4. The van der Waals surface area contributed by atoms with Crippen molar-refractivity contribution in [3.05, 3.63) is 69.5 Å². The third-order valence-corrected chi connectivity index (χ3v) is 6.81. The summed E-state index contributed by atoms with van der Waals surface area (Å²) in [6.45, 7) is 5.50. The van der Waals surface area contributed by atoms with Gasteiger partial charge in [-0.3, -0.25) is 9.59 Å². The zero-order valence-corrected chi connectivity index (χ0v) is 20.2. The fourth-order valence-electron chi connectivity index (χ4n) is 3.87. The number of carbonyl (C=O) groups excluding carboxylic acids is 2. The van der Waals surface area contributed by atoms with Crippen LogP contribution in [0, 0.1) is 19.8 Å². The number of thiazole rings is 1. The molecule has 1 aromatic carbocycles. The molecule has 1 atom stereocenters. The average Bonchev–Trinajstić information content (AvgIpc) is 3.41. The van der Waals surface area contributed by atoms with E-state index < -0.39 is 0 Å². The van der Waals surface area contributed by atoms with E-state index in [-0.39, 0.29) is 17.7 Å². The molecule has 2 amide bonds. The van der Waals surface area contributed by atoms with E-state index in [0.29, 0.717) is 29.9 Å². The predicted octanol–water partition coefficient (Wildman–Crippen LogP) is 4.55. The topological polar surface area (TPSA) is 80.1 Å². The smallest absolute Gasteiger partial charge is 0.246 e. The van der Waals surface area contributed by atoms with Crippen molar-refractivity contribution in [2.75, 3.05) is 18.4 Å². The minimum absolute atomic E-state index is 0.0947. The largest absolute Gasteiger partial charge is 0.338 e. The van der Waals surface area contributed by atoms with Crippen molar-refractivity contribution in [1.29, 1.82) is 0 Å². The number of hydrogen-bond acceptors (Lipinski definition) is 5. The van der Waals surface area contributed by atoms with Crippen LogP contribution in [0.15, 0.2) is 41.9 Å². The highest BCUT2D eigenvalue weighted by Gasteiger charge is 2.28. The van der Waals surface area contributed by atoms with Gasteiger partial charge in [0.25, 0.3) is 0 Å². The molecule has 2 aromatic heterocycles. The first-order valence-corrected chi connectivity index (χ1v) is 12.1. The molecular formula is C24H26ClN5O2S. The highest BCUT2D eigenvalue weighted by Crippen LogP contribution is 2.24. The molecule has 1 aliphatic heterocycles. The lowest BCUT2D eigenvalue weighted by Gasteiger charge is -2.31. The molecule has 172 valence electrons. The van der Waals surface area contributed by atoms with Gasteiger partial charge in [0.15, 0.2) is 5.13 Å². The summed E-state index contributed by atoms with van der Waals surface area (Å²) in [5, 5.41) is 10.3. The number of nitrogens with one attached hydrogen (secondary N) is 1. The second kappa shape index (κ2) is 10.3. The van der Waals surface area contributed by atoms with Crippen molar-refractivity contribution < 1.29 is 9.59 Å². The number of benzene rings is 1. The molecule has 1 unspecified atom stereocenters. The first-order chi connectivity index (χ1) is 15.9. The Labute approximate surface area is 202 Å². The quantitative estimate of drug-likeness (QED) is 0.521. The summed E-state index contributed by atoms with van der Waals surface area (Å²) in [6, 6.07) is 8.22. The number of aromatic nitrogens is 3. The van der Waals surface area contributed by atoms with Crippen molar-refractivity contribution in [1.82, 2.24) is 19.7 Å². The summed E-state index contributed by atoms with van der Waals surface area (Å²) in [6.07, 6.45) is 6.42. The van der Waals surface area contributed by atoms with Gasteiger partial charge in [0, 0.05) is 36.3 Å². The molecule has 1 N–H and O–H groups in total. The van der Waals surface area contributed by atoms with E-state index in [2.05, 4.69) is 39.7 Å². The third-order valence-electron chi connectivity index (χ3n) is 5.72. The van der Waals surface area contributed by atoms with Crippen LogP contribution in [0.4, 0.5) is 5.13 Å². The van der Waals surface area contributed by atoms with Gasteiger partial charge in [-0.1, -0.05) is 41.4 Å². The summed E-state index contributed by atoms with van der Waals surface area (Å²) in [5.74, 6) is -0.478. The Balaban J connectivity index is 1.40. The molecule has 3 aromatic rings. The maximum atomic E-state index is 12.8. The molecule has 1 saturated heterocycles. The van der Waals surface area contributed by atoms with Crippen LogP contribution in [0.5, 0.6) is 0 Å². The van der Waals surface area contributed by atoms with Gasteiger partial charge in [0.05, 0.1) is 18.2 Å². The Morgan fingerprint density at radius 2 is 2.06 bits per heavy atom. The van der Waals surface area contributed by atoms with Crippen molar-refractivity contribution >= 4 is 46.0 Å². The van der Waals surface area contributed by atoms with E-state index >= 15 is 0 Å². The van der Waals surface area contributed by atoms with Crippen LogP contribution in [0.2, 0.25) is 5.15 Å². The van der Waals surface area contributed by atoms with Crippen LogP contribution in [0.3, 0.4) is 0 Å². The zero-order valence-electron chi connectivity index (χ0n) is 18.6. The first-order valence-electron chi connectivity index (χ1n) is 10.9. The standard InChI is InChI=1S/C24H26ClN5O2S/c1-16-5-7-18(8-6-16)14-30-22(25)20(17(2)28-30)9-10-21(31)29-12-3-4-19(15-29)23(32)27-24-26-11-13-33-24/h5-11,13,19H,3-4,12,14-15H2,1-2H3,(H,26,27,32)/b10-9+. The van der Waals surface area contributed by atoms with Crippen LogP contribution in [-0.2, 0) is 16.1 Å². The number of amides is 2. The van der Waals surface area contributed by atoms with Crippen LogP contribution in [-0.4, -0.2) is 44.6 Å². The summed E-state index contributed by atoms with van der Waals surface area (Å²) in [4.78, 5) is 31.2. The molecule has 0 bridgehead atoms. The average molecular weight is 484 g/mol. The fraction of sp³-hybridized carbons (Fsp3) is 0.333. The molecule has 33 heavy (non-hydrogen) atoms. The van der Waals surface area contributed by atoms with E-state index in [1.165, 1.54) is 23.0 Å². The Morgan fingerprint density at radius 3 is 2.79 bits per heavy atom. The van der Waals surface area contributed by atoms with E-state index in [1.54, 1.807) is 21.9 Å². The minimum Gasteiger partial charge on any atom is -0.338 e. The summed E-state index contributed by atoms with van der Waals surface area (Å²) < 4.78 is 1.74. The minimum atomic E-state index is -0.248. The number of rotatable bonds is 6. The molecule has 0 saturated carbocycles. The molecule has 7 nitrogen and oxygen atoms in total. The second-order valence-electron chi connectivity index (χ2n) is 8.22. The van der Waals surface area contributed by atoms with Gasteiger partial charge in [-0.25, -0.2) is 9.67 Å². The van der Waals surface area contributed by atoms with E-state index in [1.807, 2.05) is 19.2 Å². The Hall–Kier alpha value is -2.97. The van der Waals surface area contributed by atoms with Gasteiger partial charge in [0.2, 0.25) is 11.8 Å². The predicted molar refractivity (Wildman–Crippen MR) is 131 cm³/mol. The Bertz CT molecular complexity index is 1150. The summed E-state index contributed by atoms with van der Waals surface area (Å²) in [7, 11) is 0. The third kappa shape index (κ3) is 5.69. The lowest BCUT2D eigenvalue weighted by atomic mass is 9.97. The normalized spacial score (nSPS) is 16.3. The van der Waals surface area contributed by atoms with E-state index in [0.717, 1.165) is 29.7 Å². The number of aryl methyl sites for hydroxylation is 2. The van der Waals surface area contributed by atoms with Crippen molar-refractivity contribution in [2.45, 2.75) is 33.2 Å². The van der Waals surface area contributed by atoms with Crippen molar-refractivity contribution in [3.63, 3.8) is 0 Å². The molecule has 1 aliphatic rings. The lowest BCUT2D eigenvalue weighted by molar-refractivity contribution is -0.130. The molecular weight excluding hydrogens is 458 g/mol. The molecule has 3 heterocycles. The Kier molecular flexibility index (Phi) is 7.25. The maximum Gasteiger partial charge on any atom is 0.246 e. The Morgan fingerprint density at radius 1 is 1.27 bits per heavy atom. The monoisotopic (exact) mass is 483 g/mol. The molecule has 1 fully saturated rings. The number of hydrogen-bond donors (Lipinski definition) is 1.